The number of halogens is 1. The highest BCUT2D eigenvalue weighted by atomic mass is 32.1. The van der Waals surface area contributed by atoms with Gasteiger partial charge in [-0.25, -0.2) is 20.2 Å². The lowest BCUT2D eigenvalue weighted by Crippen LogP contribution is -2.10. The minimum atomic E-state index is -0.331. The molecule has 2 heterocycles. The van der Waals surface area contributed by atoms with Crippen LogP contribution in [0.1, 0.15) is 16.0 Å². The van der Waals surface area contributed by atoms with E-state index < -0.39 is 0 Å². The van der Waals surface area contributed by atoms with E-state index in [0.29, 0.717) is 17.2 Å². The minimum absolute atomic E-state index is 0.331. The van der Waals surface area contributed by atoms with Crippen LogP contribution in [0.3, 0.4) is 0 Å². The number of fused-ring (bicyclic) bond motifs is 1. The summed E-state index contributed by atoms with van der Waals surface area (Å²) in [4.78, 5) is 10.8. The molecule has 3 aromatic rings. The number of nitrogens with one attached hydrogen (secondary N) is 1. The molecular weight excluding hydrogens is 287 g/mol. The summed E-state index contributed by atoms with van der Waals surface area (Å²) in [5, 5.41) is 0.899. The third-order valence-corrected chi connectivity index (χ3v) is 4.63. The quantitative estimate of drug-likeness (QED) is 0.559. The Morgan fingerprint density at radius 1 is 1.19 bits per heavy atom. The van der Waals surface area contributed by atoms with Gasteiger partial charge < -0.3 is 5.43 Å². The van der Waals surface area contributed by atoms with Gasteiger partial charge in [0.05, 0.1) is 10.9 Å². The van der Waals surface area contributed by atoms with Gasteiger partial charge in [0.2, 0.25) is 0 Å². The first-order valence-corrected chi connectivity index (χ1v) is 7.33. The number of aryl methyl sites for hydroxylation is 3. The molecule has 0 atom stereocenters. The summed E-state index contributed by atoms with van der Waals surface area (Å²) >= 11 is 1.56. The van der Waals surface area contributed by atoms with Crippen molar-refractivity contribution in [2.24, 2.45) is 5.84 Å². The van der Waals surface area contributed by atoms with Crippen LogP contribution in [0, 0.1) is 26.6 Å². The number of nitrogens with zero attached hydrogens (tertiary/aromatic N) is 2. The molecule has 6 heteroatoms. The Morgan fingerprint density at radius 3 is 2.62 bits per heavy atom. The summed E-state index contributed by atoms with van der Waals surface area (Å²) in [6.07, 6.45) is 0. The molecule has 4 nitrogen and oxygen atoms in total. The van der Waals surface area contributed by atoms with Gasteiger partial charge >= 0.3 is 0 Å². The van der Waals surface area contributed by atoms with E-state index in [4.69, 9.17) is 5.84 Å². The van der Waals surface area contributed by atoms with Crippen LogP contribution in [-0.2, 0) is 0 Å². The first kappa shape index (κ1) is 13.9. The zero-order chi connectivity index (χ0) is 15.1. The van der Waals surface area contributed by atoms with E-state index in [1.165, 1.54) is 6.07 Å². The average Bonchev–Trinajstić information content (AvgIpc) is 2.73. The number of anilines is 1. The van der Waals surface area contributed by atoms with Crippen molar-refractivity contribution < 1.29 is 4.39 Å². The van der Waals surface area contributed by atoms with E-state index in [1.54, 1.807) is 17.4 Å². The summed E-state index contributed by atoms with van der Waals surface area (Å²) < 4.78 is 14.1. The molecule has 3 rings (SSSR count). The van der Waals surface area contributed by atoms with Crippen LogP contribution >= 0.6 is 11.3 Å². The standard InChI is InChI=1S/C15H15FN4S/c1-7-4-5-10(11(16)6-7)13-18-14(20-17)12-8(2)9(3)21-15(12)19-13/h4-6H,17H2,1-3H3,(H,18,19,20). The molecule has 3 N–H and O–H groups in total. The van der Waals surface area contributed by atoms with E-state index in [0.717, 1.165) is 26.2 Å². The second kappa shape index (κ2) is 5.05. The van der Waals surface area contributed by atoms with E-state index in [-0.39, 0.29) is 5.82 Å². The maximum atomic E-state index is 14.1. The molecule has 2 aromatic heterocycles. The predicted octanol–water partition coefficient (Wildman–Crippen LogP) is 3.71. The van der Waals surface area contributed by atoms with Crippen LogP contribution in [0.2, 0.25) is 0 Å². The zero-order valence-corrected chi connectivity index (χ0v) is 12.8. The van der Waals surface area contributed by atoms with Crippen molar-refractivity contribution in [3.63, 3.8) is 0 Å². The molecule has 0 bridgehead atoms. The fourth-order valence-electron chi connectivity index (χ4n) is 2.28. The topological polar surface area (TPSA) is 63.8 Å². The molecule has 0 aliphatic rings. The largest absolute Gasteiger partial charge is 0.308 e. The van der Waals surface area contributed by atoms with E-state index in [1.807, 2.05) is 26.8 Å². The van der Waals surface area contributed by atoms with Crippen molar-refractivity contribution >= 4 is 27.4 Å². The van der Waals surface area contributed by atoms with Gasteiger partial charge in [0.15, 0.2) is 11.6 Å². The van der Waals surface area contributed by atoms with E-state index >= 15 is 0 Å². The lowest BCUT2D eigenvalue weighted by molar-refractivity contribution is 0.629. The van der Waals surface area contributed by atoms with Gasteiger partial charge in [0.1, 0.15) is 10.6 Å². The third kappa shape index (κ3) is 2.26. The van der Waals surface area contributed by atoms with Gasteiger partial charge in [-0.05, 0) is 44.0 Å². The van der Waals surface area contributed by atoms with Crippen LogP contribution in [0.4, 0.5) is 10.2 Å². The Labute approximate surface area is 125 Å². The monoisotopic (exact) mass is 302 g/mol. The normalized spacial score (nSPS) is 11.1. The number of thiophene rings is 1. The van der Waals surface area contributed by atoms with Crippen molar-refractivity contribution in [2.45, 2.75) is 20.8 Å². The van der Waals surface area contributed by atoms with Crippen molar-refractivity contribution in [3.05, 3.63) is 40.0 Å². The zero-order valence-electron chi connectivity index (χ0n) is 12.0. The number of hydrogen-bond donors (Lipinski definition) is 2. The molecular formula is C15H15FN4S. The molecule has 1 aromatic carbocycles. The molecule has 0 radical (unpaired) electrons. The Balaban J connectivity index is 2.29. The average molecular weight is 302 g/mol. The maximum absolute atomic E-state index is 14.1. The number of nitrogen functional groups attached to an aromatic ring is 1. The van der Waals surface area contributed by atoms with Crippen molar-refractivity contribution in [1.29, 1.82) is 0 Å². The lowest BCUT2D eigenvalue weighted by Gasteiger charge is -2.07. The Kier molecular flexibility index (Phi) is 3.35. The fourth-order valence-corrected chi connectivity index (χ4v) is 3.31. The van der Waals surface area contributed by atoms with Gasteiger partial charge in [0, 0.05) is 4.88 Å². The first-order valence-electron chi connectivity index (χ1n) is 6.52. The first-order chi connectivity index (χ1) is 10.0. The number of rotatable bonds is 2. The number of benzene rings is 1. The Morgan fingerprint density at radius 2 is 1.95 bits per heavy atom. The second-order valence-electron chi connectivity index (χ2n) is 4.99. The van der Waals surface area contributed by atoms with Gasteiger partial charge in [-0.1, -0.05) is 6.07 Å². The highest BCUT2D eigenvalue weighted by molar-refractivity contribution is 7.18. The summed E-state index contributed by atoms with van der Waals surface area (Å²) in [6, 6.07) is 5.01. The molecule has 0 spiro atoms. The third-order valence-electron chi connectivity index (χ3n) is 3.53. The SMILES string of the molecule is Cc1ccc(-c2nc(NN)c3c(C)c(C)sc3n2)c(F)c1. The van der Waals surface area contributed by atoms with Crippen molar-refractivity contribution in [1.82, 2.24) is 9.97 Å². The van der Waals surface area contributed by atoms with Gasteiger partial charge in [-0.2, -0.15) is 0 Å². The molecule has 0 aliphatic carbocycles. The van der Waals surface area contributed by atoms with Crippen LogP contribution < -0.4 is 11.3 Å². The van der Waals surface area contributed by atoms with E-state index in [9.17, 15) is 4.39 Å². The van der Waals surface area contributed by atoms with Crippen LogP contribution in [0.15, 0.2) is 18.2 Å². The summed E-state index contributed by atoms with van der Waals surface area (Å²) in [7, 11) is 0. The molecule has 0 amide bonds. The van der Waals surface area contributed by atoms with Crippen LogP contribution in [-0.4, -0.2) is 9.97 Å². The molecule has 0 unspecified atom stereocenters. The number of hydrazine groups is 1. The van der Waals surface area contributed by atoms with Crippen molar-refractivity contribution in [3.8, 4) is 11.4 Å². The number of aromatic nitrogens is 2. The van der Waals surface area contributed by atoms with E-state index in [2.05, 4.69) is 15.4 Å². The van der Waals surface area contributed by atoms with Crippen molar-refractivity contribution in [2.75, 3.05) is 5.43 Å². The van der Waals surface area contributed by atoms with Gasteiger partial charge in [-0.15, -0.1) is 11.3 Å². The maximum Gasteiger partial charge on any atom is 0.166 e. The molecule has 108 valence electrons. The summed E-state index contributed by atoms with van der Waals surface area (Å²) in [5.74, 6) is 6.11. The minimum Gasteiger partial charge on any atom is -0.308 e. The van der Waals surface area contributed by atoms with Crippen LogP contribution in [0.5, 0.6) is 0 Å². The molecule has 21 heavy (non-hydrogen) atoms. The predicted molar refractivity (Wildman–Crippen MR) is 84.8 cm³/mol. The number of hydrogen-bond acceptors (Lipinski definition) is 5. The van der Waals surface area contributed by atoms with Gasteiger partial charge in [0.25, 0.3) is 0 Å². The highest BCUT2D eigenvalue weighted by Crippen LogP contribution is 2.35. The summed E-state index contributed by atoms with van der Waals surface area (Å²) in [6.45, 7) is 5.87. The molecule has 0 saturated heterocycles. The smallest absolute Gasteiger partial charge is 0.166 e. The number of nitrogens with two attached hydrogens (primary N) is 1. The van der Waals surface area contributed by atoms with Gasteiger partial charge in [-0.3, -0.25) is 0 Å². The molecule has 0 fully saturated rings. The molecule has 0 saturated carbocycles. The lowest BCUT2D eigenvalue weighted by atomic mass is 10.1. The van der Waals surface area contributed by atoms with Crippen LogP contribution in [0.25, 0.3) is 21.6 Å². The Bertz CT molecular complexity index is 841. The summed E-state index contributed by atoms with van der Waals surface area (Å²) in [5.41, 5.74) is 4.93. The highest BCUT2D eigenvalue weighted by Gasteiger charge is 2.16. The fraction of sp³-hybridized carbons (Fsp3) is 0.200. The molecule has 0 aliphatic heterocycles. The Hall–Kier alpha value is -2.05. The second-order valence-corrected chi connectivity index (χ2v) is 6.19.